The summed E-state index contributed by atoms with van der Waals surface area (Å²) in [7, 11) is 0. The molecule has 0 fully saturated rings. The predicted molar refractivity (Wildman–Crippen MR) is 81.6 cm³/mol. The summed E-state index contributed by atoms with van der Waals surface area (Å²) in [4.78, 5) is 17.7. The molecule has 0 atom stereocenters. The van der Waals surface area contributed by atoms with Crippen molar-refractivity contribution in [3.05, 3.63) is 52.1 Å². The van der Waals surface area contributed by atoms with Crippen molar-refractivity contribution in [2.45, 2.75) is 18.4 Å². The van der Waals surface area contributed by atoms with E-state index in [0.29, 0.717) is 22.9 Å². The molecule has 0 saturated heterocycles. The van der Waals surface area contributed by atoms with Gasteiger partial charge in [0.25, 0.3) is 0 Å². The van der Waals surface area contributed by atoms with Crippen LogP contribution in [-0.2, 0) is 0 Å². The lowest BCUT2D eigenvalue weighted by atomic mass is 10.3. The average molecular weight is 301 g/mol. The minimum atomic E-state index is -0.422. The van der Waals surface area contributed by atoms with Gasteiger partial charge in [0, 0.05) is 11.4 Å². The molecule has 5 nitrogen and oxygen atoms in total. The third-order valence-corrected chi connectivity index (χ3v) is 3.80. The van der Waals surface area contributed by atoms with Crippen LogP contribution >= 0.6 is 11.8 Å². The molecule has 108 valence electrons. The number of H-pyrrole nitrogens is 1. The largest absolute Gasteiger partial charge is 0.494 e. The Morgan fingerprint density at radius 3 is 2.86 bits per heavy atom. The van der Waals surface area contributed by atoms with Gasteiger partial charge >= 0.3 is 5.69 Å². The van der Waals surface area contributed by atoms with Gasteiger partial charge in [-0.3, -0.25) is 0 Å². The molecule has 0 aliphatic heterocycles. The molecule has 1 heterocycles. The van der Waals surface area contributed by atoms with Gasteiger partial charge in [0.05, 0.1) is 6.61 Å². The van der Waals surface area contributed by atoms with Crippen molar-refractivity contribution < 1.29 is 4.74 Å². The molecule has 0 amide bonds. The highest BCUT2D eigenvalue weighted by molar-refractivity contribution is 7.99. The Hall–Kier alpha value is -2.26. The number of rotatable bonds is 6. The van der Waals surface area contributed by atoms with Crippen molar-refractivity contribution >= 4 is 11.8 Å². The van der Waals surface area contributed by atoms with Gasteiger partial charge in [-0.1, -0.05) is 18.2 Å². The second-order valence-electron chi connectivity index (χ2n) is 4.32. The second-order valence-corrected chi connectivity index (χ2v) is 5.41. The monoisotopic (exact) mass is 301 g/mol. The summed E-state index contributed by atoms with van der Waals surface area (Å²) < 4.78 is 5.58. The Labute approximate surface area is 127 Å². The van der Waals surface area contributed by atoms with Crippen LogP contribution in [0.1, 0.15) is 17.7 Å². The number of hydrogen-bond acceptors (Lipinski definition) is 5. The first-order valence-corrected chi connectivity index (χ1v) is 7.51. The zero-order valence-corrected chi connectivity index (χ0v) is 12.4. The van der Waals surface area contributed by atoms with E-state index in [1.165, 1.54) is 11.8 Å². The van der Waals surface area contributed by atoms with Crippen LogP contribution in [0.15, 0.2) is 40.2 Å². The maximum atomic E-state index is 11.3. The minimum absolute atomic E-state index is 0.422. The van der Waals surface area contributed by atoms with E-state index in [-0.39, 0.29) is 0 Å². The second kappa shape index (κ2) is 7.50. The number of aromatic nitrogens is 2. The van der Waals surface area contributed by atoms with Gasteiger partial charge < -0.3 is 9.72 Å². The Bertz CT molecular complexity index is 692. The molecule has 1 aromatic carbocycles. The van der Waals surface area contributed by atoms with E-state index in [2.05, 4.69) is 16.0 Å². The molecule has 0 bridgehead atoms. The number of hydrogen-bond donors (Lipinski definition) is 1. The van der Waals surface area contributed by atoms with Crippen LogP contribution < -0.4 is 10.4 Å². The molecule has 0 unspecified atom stereocenters. The fraction of sp³-hybridized carbons (Fsp3) is 0.267. The third kappa shape index (κ3) is 4.36. The van der Waals surface area contributed by atoms with Crippen LogP contribution in [0.2, 0.25) is 0 Å². The maximum Gasteiger partial charge on any atom is 0.346 e. The van der Waals surface area contributed by atoms with E-state index in [0.717, 1.165) is 17.9 Å². The van der Waals surface area contributed by atoms with Gasteiger partial charge in [0.15, 0.2) is 0 Å². The number of nitriles is 1. The lowest BCUT2D eigenvalue weighted by Gasteiger charge is -2.06. The molecule has 0 radical (unpaired) electrons. The van der Waals surface area contributed by atoms with Gasteiger partial charge in [-0.05, 0) is 25.5 Å². The Kier molecular flexibility index (Phi) is 5.41. The molecule has 0 saturated carbocycles. The Morgan fingerprint density at radius 2 is 2.14 bits per heavy atom. The maximum absolute atomic E-state index is 11.3. The first-order valence-electron chi connectivity index (χ1n) is 6.52. The van der Waals surface area contributed by atoms with Crippen molar-refractivity contribution in [2.75, 3.05) is 12.4 Å². The van der Waals surface area contributed by atoms with E-state index in [4.69, 9.17) is 10.00 Å². The van der Waals surface area contributed by atoms with Gasteiger partial charge in [0.1, 0.15) is 22.4 Å². The topological polar surface area (TPSA) is 78.8 Å². The fourth-order valence-corrected chi connectivity index (χ4v) is 2.68. The first kappa shape index (κ1) is 15.1. The zero-order chi connectivity index (χ0) is 15.1. The molecule has 0 spiro atoms. The molecular formula is C15H15N3O2S. The molecule has 2 aromatic rings. The highest BCUT2D eigenvalue weighted by atomic mass is 32.2. The number of para-hydroxylation sites is 1. The van der Waals surface area contributed by atoms with E-state index in [1.807, 2.05) is 30.3 Å². The molecule has 21 heavy (non-hydrogen) atoms. The van der Waals surface area contributed by atoms with Gasteiger partial charge in [-0.25, -0.2) is 4.79 Å². The van der Waals surface area contributed by atoms with Crippen LogP contribution in [0, 0.1) is 18.3 Å². The Morgan fingerprint density at radius 1 is 1.38 bits per heavy atom. The predicted octanol–water partition coefficient (Wildman–Crippen LogP) is 2.51. The average Bonchev–Trinajstić information content (AvgIpc) is 2.47. The van der Waals surface area contributed by atoms with Crippen molar-refractivity contribution in [3.63, 3.8) is 0 Å². The number of aromatic amines is 1. The molecule has 2 rings (SSSR count). The molecule has 6 heteroatoms. The third-order valence-electron chi connectivity index (χ3n) is 2.74. The quantitative estimate of drug-likeness (QED) is 0.504. The number of thioether (sulfide) groups is 1. The number of nitrogens with one attached hydrogen (secondary N) is 1. The van der Waals surface area contributed by atoms with Crippen LogP contribution in [-0.4, -0.2) is 22.3 Å². The molecule has 1 aromatic heterocycles. The zero-order valence-electron chi connectivity index (χ0n) is 11.6. The summed E-state index contributed by atoms with van der Waals surface area (Å²) in [6.07, 6.45) is 0.804. The van der Waals surface area contributed by atoms with E-state index >= 15 is 0 Å². The van der Waals surface area contributed by atoms with Crippen LogP contribution in [0.5, 0.6) is 5.75 Å². The summed E-state index contributed by atoms with van der Waals surface area (Å²) in [5, 5.41) is 9.58. The van der Waals surface area contributed by atoms with Crippen molar-refractivity contribution in [2.24, 2.45) is 0 Å². The number of nitrogens with zero attached hydrogens (tertiary/aromatic N) is 2. The highest BCUT2D eigenvalue weighted by Gasteiger charge is 2.09. The summed E-state index contributed by atoms with van der Waals surface area (Å²) in [5.74, 6) is 1.57. The highest BCUT2D eigenvalue weighted by Crippen LogP contribution is 2.20. The summed E-state index contributed by atoms with van der Waals surface area (Å²) in [6.45, 7) is 2.28. The van der Waals surface area contributed by atoms with E-state index in [9.17, 15) is 4.79 Å². The number of aryl methyl sites for hydroxylation is 1. The normalized spacial score (nSPS) is 10.1. The smallest absolute Gasteiger partial charge is 0.346 e. The minimum Gasteiger partial charge on any atom is -0.494 e. The van der Waals surface area contributed by atoms with Crippen LogP contribution in [0.25, 0.3) is 0 Å². The number of ether oxygens (including phenoxy) is 1. The lowest BCUT2D eigenvalue weighted by molar-refractivity contribution is 0.318. The molecular weight excluding hydrogens is 286 g/mol. The molecule has 0 aliphatic rings. The van der Waals surface area contributed by atoms with Crippen molar-refractivity contribution in [1.29, 1.82) is 5.26 Å². The van der Waals surface area contributed by atoms with Crippen molar-refractivity contribution in [1.82, 2.24) is 9.97 Å². The van der Waals surface area contributed by atoms with E-state index in [1.54, 1.807) is 6.92 Å². The molecule has 0 aliphatic carbocycles. The van der Waals surface area contributed by atoms with Crippen LogP contribution in [0.3, 0.4) is 0 Å². The van der Waals surface area contributed by atoms with Gasteiger partial charge in [0.2, 0.25) is 0 Å². The lowest BCUT2D eigenvalue weighted by Crippen LogP contribution is -2.14. The Balaban J connectivity index is 1.84. The first-order chi connectivity index (χ1) is 10.2. The summed E-state index contributed by atoms with van der Waals surface area (Å²) in [6, 6.07) is 11.7. The summed E-state index contributed by atoms with van der Waals surface area (Å²) in [5.41, 5.74) is 0.568. The fourth-order valence-electron chi connectivity index (χ4n) is 1.73. The van der Waals surface area contributed by atoms with E-state index < -0.39 is 5.69 Å². The van der Waals surface area contributed by atoms with Gasteiger partial charge in [-0.2, -0.15) is 10.2 Å². The molecule has 1 N–H and O–H groups in total. The van der Waals surface area contributed by atoms with Crippen LogP contribution in [0.4, 0.5) is 0 Å². The van der Waals surface area contributed by atoms with Gasteiger partial charge in [-0.15, -0.1) is 11.8 Å². The summed E-state index contributed by atoms with van der Waals surface area (Å²) >= 11 is 1.40. The number of benzene rings is 1. The van der Waals surface area contributed by atoms with Crippen molar-refractivity contribution in [3.8, 4) is 11.8 Å². The SMILES string of the molecule is Cc1[nH]c(=O)nc(SCCCOc2ccccc2)c1C#N. The standard InChI is InChI=1S/C15H15N3O2S/c1-11-13(10-16)14(18-15(19)17-11)21-9-5-8-20-12-6-3-2-4-7-12/h2-4,6-7H,5,8-9H2,1H3,(H,17,18,19).